The van der Waals surface area contributed by atoms with E-state index in [9.17, 15) is 0 Å². The Balaban J connectivity index is -0.0000000457. The molecule has 0 aromatic rings. The van der Waals surface area contributed by atoms with Gasteiger partial charge in [-0.05, 0) is 12.2 Å². The molecular weight excluding hydrogens is 256 g/mol. The van der Waals surface area contributed by atoms with Crippen LogP contribution in [0.25, 0.3) is 0 Å². The van der Waals surface area contributed by atoms with Crippen LogP contribution in [0.3, 0.4) is 0 Å². The molecule has 0 amide bonds. The van der Waals surface area contributed by atoms with Crippen LogP contribution >= 0.6 is 0 Å². The topological polar surface area (TPSA) is 80.3 Å². The molecule has 0 saturated heterocycles. The maximum absolute atomic E-state index is 9.14. The minimum absolute atomic E-state index is 0. The van der Waals surface area contributed by atoms with Crippen LogP contribution in [0.2, 0.25) is 0 Å². The van der Waals surface area contributed by atoms with Gasteiger partial charge in [0.05, 0.1) is 11.9 Å². The summed E-state index contributed by atoms with van der Waals surface area (Å²) in [5.74, 6) is -2.46. The molecule has 0 bridgehead atoms. The van der Waals surface area contributed by atoms with Crippen LogP contribution in [0.15, 0.2) is 25.3 Å². The second kappa shape index (κ2) is 16.9. The van der Waals surface area contributed by atoms with Crippen molar-refractivity contribution < 1.29 is 56.3 Å². The molecule has 0 heterocycles. The maximum atomic E-state index is 9.14. The van der Waals surface area contributed by atoms with E-state index in [4.69, 9.17) is 19.8 Å². The van der Waals surface area contributed by atoms with Crippen LogP contribution in [-0.2, 0) is 46.1 Å². The fourth-order valence-corrected chi connectivity index (χ4v) is 0. The van der Waals surface area contributed by atoms with Gasteiger partial charge in [-0.25, -0.2) is 0 Å². The van der Waals surface area contributed by atoms with Gasteiger partial charge in [0.1, 0.15) is 0 Å². The number of aliphatic carboxylic acids is 2. The Hall–Kier alpha value is -0.437. The summed E-state index contributed by atoms with van der Waals surface area (Å²) in [6.07, 6.45) is 1.44. The molecule has 0 spiro atoms. The number of carbonyl (C=O) groups is 2. The molecule has 63 valence electrons. The van der Waals surface area contributed by atoms with Gasteiger partial charge in [-0.2, -0.15) is 0 Å². The van der Waals surface area contributed by atoms with E-state index >= 15 is 0 Å². The Bertz CT molecular complexity index is 140. The standard InChI is InChI=1S/2C3H4O2.Mn.Zn/c2*1-2-3(4)5;;/h2*2H,1H2,(H,4,5);;/q;;+2;/p-2. The molecular formula is C6H6MnO4Zn. The average molecular weight is 262 g/mol. The van der Waals surface area contributed by atoms with E-state index in [1.54, 1.807) is 0 Å². The number of carbonyl (C=O) groups excluding carboxylic acids is 2. The summed E-state index contributed by atoms with van der Waals surface area (Å²) < 4.78 is 0. The van der Waals surface area contributed by atoms with Gasteiger partial charge in [-0.3, -0.25) is 0 Å². The first kappa shape index (κ1) is 22.6. The first-order valence-corrected chi connectivity index (χ1v) is 2.21. The molecule has 0 aromatic heterocycles. The fourth-order valence-electron chi connectivity index (χ4n) is 0. The second-order valence-electron chi connectivity index (χ2n) is 1.05. The van der Waals surface area contributed by atoms with Crippen molar-refractivity contribution in [3.05, 3.63) is 25.3 Å². The molecule has 0 saturated carbocycles. The third kappa shape index (κ3) is 55.2. The third-order valence-corrected chi connectivity index (χ3v) is 0.333. The summed E-state index contributed by atoms with van der Waals surface area (Å²) in [6, 6.07) is 0. The van der Waals surface area contributed by atoms with Gasteiger partial charge >= 0.3 is 17.1 Å². The van der Waals surface area contributed by atoms with Crippen molar-refractivity contribution in [3.63, 3.8) is 0 Å². The molecule has 0 aliphatic carbocycles. The van der Waals surface area contributed by atoms with Crippen molar-refractivity contribution in [1.82, 2.24) is 0 Å². The first-order valence-electron chi connectivity index (χ1n) is 2.21. The van der Waals surface area contributed by atoms with Crippen LogP contribution in [-0.4, -0.2) is 11.9 Å². The van der Waals surface area contributed by atoms with Gasteiger partial charge in [0.2, 0.25) is 0 Å². The second-order valence-corrected chi connectivity index (χ2v) is 1.05. The largest absolute Gasteiger partial charge is 2.00 e. The fraction of sp³-hybridized carbons (Fsp3) is 0. The molecule has 0 N–H and O–H groups in total. The molecule has 0 aromatic carbocycles. The van der Waals surface area contributed by atoms with Crippen molar-refractivity contribution >= 4 is 11.9 Å². The Labute approximate surface area is 93.6 Å². The molecule has 0 fully saturated rings. The summed E-state index contributed by atoms with van der Waals surface area (Å²) in [5, 5.41) is 18.3. The first-order chi connectivity index (χ1) is 4.54. The summed E-state index contributed by atoms with van der Waals surface area (Å²) in [5.41, 5.74) is 0. The zero-order valence-corrected chi connectivity index (χ0v) is 10.4. The molecule has 0 unspecified atom stereocenters. The van der Waals surface area contributed by atoms with Crippen molar-refractivity contribution in [2.45, 2.75) is 0 Å². The van der Waals surface area contributed by atoms with Crippen LogP contribution in [0.5, 0.6) is 0 Å². The summed E-state index contributed by atoms with van der Waals surface area (Å²) >= 11 is 0. The third-order valence-electron chi connectivity index (χ3n) is 0.333. The predicted octanol–water partition coefficient (Wildman–Crippen LogP) is -2.16. The molecule has 0 aliphatic heterocycles. The Morgan fingerprint density at radius 1 is 1.00 bits per heavy atom. The number of carboxylic acids is 2. The smallest absolute Gasteiger partial charge is 0.545 e. The predicted molar refractivity (Wildman–Crippen MR) is 30.4 cm³/mol. The molecule has 6 heteroatoms. The molecule has 0 atom stereocenters. The van der Waals surface area contributed by atoms with E-state index < -0.39 is 11.9 Å². The monoisotopic (exact) mass is 261 g/mol. The van der Waals surface area contributed by atoms with Gasteiger partial charge in [0, 0.05) is 19.5 Å². The minimum atomic E-state index is -1.23. The molecule has 0 aliphatic rings. The van der Waals surface area contributed by atoms with Crippen LogP contribution in [0.1, 0.15) is 0 Å². The van der Waals surface area contributed by atoms with Crippen molar-refractivity contribution in [2.24, 2.45) is 0 Å². The summed E-state index contributed by atoms with van der Waals surface area (Å²) in [7, 11) is 0. The van der Waals surface area contributed by atoms with Crippen molar-refractivity contribution in [2.75, 3.05) is 0 Å². The quantitative estimate of drug-likeness (QED) is 0.419. The number of rotatable bonds is 2. The number of hydrogen-bond acceptors (Lipinski definition) is 4. The summed E-state index contributed by atoms with van der Waals surface area (Å²) in [4.78, 5) is 18.3. The normalized spacial score (nSPS) is 5.33. The van der Waals surface area contributed by atoms with Gasteiger partial charge in [0.15, 0.2) is 0 Å². The van der Waals surface area contributed by atoms with Gasteiger partial charge in [-0.15, -0.1) is 0 Å². The van der Waals surface area contributed by atoms with E-state index in [1.165, 1.54) is 0 Å². The Morgan fingerprint density at radius 2 is 1.08 bits per heavy atom. The summed E-state index contributed by atoms with van der Waals surface area (Å²) in [6.45, 7) is 5.80. The Kier molecular flexibility index (Phi) is 31.7. The SMILES string of the molecule is C=CC(=O)[O-].C=CC(=O)[O-].[Mn+2].[Zn]. The molecule has 4 nitrogen and oxygen atoms in total. The molecule has 1 radical (unpaired) electrons. The minimum Gasteiger partial charge on any atom is -0.545 e. The number of carboxylic acid groups (broad SMARTS) is 2. The Morgan fingerprint density at radius 3 is 1.08 bits per heavy atom. The van der Waals surface area contributed by atoms with E-state index in [0.717, 1.165) is 12.2 Å². The van der Waals surface area contributed by atoms with Crippen LogP contribution in [0.4, 0.5) is 0 Å². The van der Waals surface area contributed by atoms with Gasteiger partial charge < -0.3 is 19.8 Å². The zero-order valence-electron chi connectivity index (χ0n) is 6.29. The van der Waals surface area contributed by atoms with E-state index in [2.05, 4.69) is 13.2 Å². The van der Waals surface area contributed by atoms with Gasteiger partial charge in [0.25, 0.3) is 0 Å². The van der Waals surface area contributed by atoms with E-state index in [0.29, 0.717) is 0 Å². The maximum Gasteiger partial charge on any atom is 2.00 e. The van der Waals surface area contributed by atoms with Crippen LogP contribution in [0, 0.1) is 0 Å². The average Bonchev–Trinajstić information content (AvgIpc) is 1.89. The van der Waals surface area contributed by atoms with Crippen LogP contribution < -0.4 is 10.2 Å². The molecule has 12 heavy (non-hydrogen) atoms. The number of hydrogen-bond donors (Lipinski definition) is 0. The van der Waals surface area contributed by atoms with E-state index in [-0.39, 0.29) is 36.5 Å². The van der Waals surface area contributed by atoms with Crippen molar-refractivity contribution in [1.29, 1.82) is 0 Å². The zero-order chi connectivity index (χ0) is 8.57. The molecule has 0 rings (SSSR count). The van der Waals surface area contributed by atoms with Gasteiger partial charge in [-0.1, -0.05) is 13.2 Å². The van der Waals surface area contributed by atoms with Crippen molar-refractivity contribution in [3.8, 4) is 0 Å². The van der Waals surface area contributed by atoms with E-state index in [1.807, 2.05) is 0 Å².